The number of amides is 1. The Morgan fingerprint density at radius 3 is 2.59 bits per heavy atom. The van der Waals surface area contributed by atoms with Gasteiger partial charge in [-0.2, -0.15) is 0 Å². The summed E-state index contributed by atoms with van der Waals surface area (Å²) in [6.45, 7) is -0.130. The van der Waals surface area contributed by atoms with Gasteiger partial charge < -0.3 is 11.5 Å². The second kappa shape index (κ2) is 5.11. The predicted molar refractivity (Wildman–Crippen MR) is 59.8 cm³/mol. The van der Waals surface area contributed by atoms with Crippen molar-refractivity contribution in [3.05, 3.63) is 24.0 Å². The van der Waals surface area contributed by atoms with Gasteiger partial charge in [-0.15, -0.1) is 0 Å². The molecule has 1 amide bonds. The van der Waals surface area contributed by atoms with Crippen molar-refractivity contribution in [2.24, 2.45) is 5.73 Å². The second-order valence-corrected chi connectivity index (χ2v) is 5.03. The summed E-state index contributed by atoms with van der Waals surface area (Å²) in [6, 6.07) is 2.94. The summed E-state index contributed by atoms with van der Waals surface area (Å²) in [7, 11) is -3.85. The van der Waals surface area contributed by atoms with Gasteiger partial charge >= 0.3 is 0 Å². The first kappa shape index (κ1) is 13.4. The lowest BCUT2D eigenvalue weighted by Crippen LogP contribution is -2.28. The molecule has 0 unspecified atom stereocenters. The average Bonchev–Trinajstić information content (AvgIpc) is 2.15. The second-order valence-electron chi connectivity index (χ2n) is 3.30. The van der Waals surface area contributed by atoms with E-state index in [9.17, 15) is 17.6 Å². The summed E-state index contributed by atoms with van der Waals surface area (Å²) in [5, 5.41) is 0. The van der Waals surface area contributed by atoms with Crippen molar-refractivity contribution >= 4 is 21.6 Å². The Kier molecular flexibility index (Phi) is 4.02. The molecular formula is C9H12FN3O3S. The highest BCUT2D eigenvalue weighted by Crippen LogP contribution is 2.18. The van der Waals surface area contributed by atoms with E-state index in [1.807, 2.05) is 0 Å². The number of hydrogen-bond acceptors (Lipinski definition) is 4. The number of carbonyl (C=O) groups is 1. The highest BCUT2D eigenvalue weighted by molar-refractivity contribution is 7.89. The Morgan fingerprint density at radius 1 is 1.41 bits per heavy atom. The van der Waals surface area contributed by atoms with Crippen molar-refractivity contribution in [2.45, 2.75) is 11.3 Å². The van der Waals surface area contributed by atoms with Crippen LogP contribution in [0.2, 0.25) is 0 Å². The average molecular weight is 261 g/mol. The molecule has 6 nitrogen and oxygen atoms in total. The molecule has 0 heterocycles. The third kappa shape index (κ3) is 3.68. The molecule has 0 radical (unpaired) electrons. The molecule has 17 heavy (non-hydrogen) atoms. The number of hydrogen-bond donors (Lipinski definition) is 3. The van der Waals surface area contributed by atoms with Crippen LogP contribution in [0.1, 0.15) is 6.42 Å². The number of sulfonamides is 1. The third-order valence-corrected chi connectivity index (χ3v) is 3.46. The zero-order valence-corrected chi connectivity index (χ0v) is 9.63. The quantitative estimate of drug-likeness (QED) is 0.623. The molecule has 0 aliphatic rings. The molecule has 1 aromatic rings. The molecule has 0 atom stereocenters. The van der Waals surface area contributed by atoms with Gasteiger partial charge in [-0.25, -0.2) is 17.5 Å². The summed E-state index contributed by atoms with van der Waals surface area (Å²) in [4.78, 5) is 10.2. The maximum atomic E-state index is 12.7. The van der Waals surface area contributed by atoms with Crippen LogP contribution in [-0.2, 0) is 14.8 Å². The number of nitrogens with one attached hydrogen (secondary N) is 1. The lowest BCUT2D eigenvalue weighted by atomic mass is 10.3. The van der Waals surface area contributed by atoms with Crippen LogP contribution in [0.4, 0.5) is 10.1 Å². The van der Waals surface area contributed by atoms with E-state index < -0.39 is 21.7 Å². The summed E-state index contributed by atoms with van der Waals surface area (Å²) in [5.41, 5.74) is 10.1. The van der Waals surface area contributed by atoms with Gasteiger partial charge in [-0.1, -0.05) is 0 Å². The van der Waals surface area contributed by atoms with Gasteiger partial charge in [0, 0.05) is 13.0 Å². The number of rotatable bonds is 5. The van der Waals surface area contributed by atoms with E-state index in [0.29, 0.717) is 0 Å². The Labute approximate surface area is 97.8 Å². The topological polar surface area (TPSA) is 115 Å². The number of halogens is 1. The van der Waals surface area contributed by atoms with Gasteiger partial charge in [0.05, 0.1) is 5.69 Å². The number of benzene rings is 1. The molecule has 1 aromatic carbocycles. The molecule has 0 aromatic heterocycles. The largest absolute Gasteiger partial charge is 0.398 e. The van der Waals surface area contributed by atoms with Crippen LogP contribution in [-0.4, -0.2) is 20.9 Å². The van der Waals surface area contributed by atoms with Crippen molar-refractivity contribution in [3.8, 4) is 0 Å². The Morgan fingerprint density at radius 2 is 2.06 bits per heavy atom. The Hall–Kier alpha value is -1.67. The minimum absolute atomic E-state index is 0.125. The molecular weight excluding hydrogens is 249 g/mol. The van der Waals surface area contributed by atoms with E-state index in [-0.39, 0.29) is 23.5 Å². The number of carbonyl (C=O) groups excluding carboxylic acids is 1. The van der Waals surface area contributed by atoms with Crippen molar-refractivity contribution in [1.82, 2.24) is 4.72 Å². The van der Waals surface area contributed by atoms with Crippen molar-refractivity contribution < 1.29 is 17.6 Å². The first-order valence-corrected chi connectivity index (χ1v) is 6.14. The van der Waals surface area contributed by atoms with Crippen molar-refractivity contribution in [1.29, 1.82) is 0 Å². The molecule has 1 rings (SSSR count). The van der Waals surface area contributed by atoms with Crippen LogP contribution in [0.25, 0.3) is 0 Å². The molecule has 0 aliphatic carbocycles. The maximum Gasteiger partial charge on any atom is 0.242 e. The minimum Gasteiger partial charge on any atom is -0.398 e. The number of primary amides is 1. The first-order chi connectivity index (χ1) is 7.83. The van der Waals surface area contributed by atoms with E-state index >= 15 is 0 Å². The number of anilines is 1. The molecule has 0 saturated carbocycles. The molecule has 8 heteroatoms. The smallest absolute Gasteiger partial charge is 0.242 e. The van der Waals surface area contributed by atoms with Crippen LogP contribution in [0, 0.1) is 5.82 Å². The molecule has 0 fully saturated rings. The first-order valence-electron chi connectivity index (χ1n) is 4.66. The molecule has 5 N–H and O–H groups in total. The zero-order chi connectivity index (χ0) is 13.1. The van der Waals surface area contributed by atoms with Gasteiger partial charge in [0.1, 0.15) is 10.7 Å². The molecule has 0 saturated heterocycles. The van der Waals surface area contributed by atoms with Gasteiger partial charge in [0.2, 0.25) is 15.9 Å². The summed E-state index contributed by atoms with van der Waals surface area (Å²) >= 11 is 0. The normalized spacial score (nSPS) is 11.4. The molecule has 0 spiro atoms. The van der Waals surface area contributed by atoms with Gasteiger partial charge in [-0.3, -0.25) is 4.79 Å². The van der Waals surface area contributed by atoms with Gasteiger partial charge in [0.25, 0.3) is 0 Å². The Balaban J connectivity index is 2.86. The predicted octanol–water partition coefficient (Wildman–Crippen LogP) is -0.438. The van der Waals surface area contributed by atoms with E-state index in [1.165, 1.54) is 0 Å². The summed E-state index contributed by atoms with van der Waals surface area (Å²) in [5.74, 6) is -1.25. The standard InChI is InChI=1S/C9H12FN3O3S/c10-6-1-2-8(7(11)5-6)17(15,16)13-4-3-9(12)14/h1-2,5,13H,3-4,11H2,(H2,12,14). The van der Waals surface area contributed by atoms with Crippen molar-refractivity contribution in [2.75, 3.05) is 12.3 Å². The van der Waals surface area contributed by atoms with Crippen LogP contribution >= 0.6 is 0 Å². The number of nitrogen functional groups attached to an aromatic ring is 1. The lowest BCUT2D eigenvalue weighted by molar-refractivity contribution is -0.117. The van der Waals surface area contributed by atoms with E-state index in [0.717, 1.165) is 18.2 Å². The van der Waals surface area contributed by atoms with Crippen LogP contribution in [0.5, 0.6) is 0 Å². The van der Waals surface area contributed by atoms with Gasteiger partial charge in [0.15, 0.2) is 0 Å². The van der Waals surface area contributed by atoms with E-state index in [1.54, 1.807) is 0 Å². The maximum absolute atomic E-state index is 12.7. The van der Waals surface area contributed by atoms with E-state index in [4.69, 9.17) is 11.5 Å². The SMILES string of the molecule is NC(=O)CCNS(=O)(=O)c1ccc(F)cc1N. The van der Waals surface area contributed by atoms with Gasteiger partial charge in [-0.05, 0) is 18.2 Å². The van der Waals surface area contributed by atoms with Crippen LogP contribution in [0.15, 0.2) is 23.1 Å². The van der Waals surface area contributed by atoms with Crippen LogP contribution < -0.4 is 16.2 Å². The number of nitrogens with two attached hydrogens (primary N) is 2. The molecule has 0 aliphatic heterocycles. The van der Waals surface area contributed by atoms with Crippen molar-refractivity contribution in [3.63, 3.8) is 0 Å². The van der Waals surface area contributed by atoms with Crippen LogP contribution in [0.3, 0.4) is 0 Å². The summed E-state index contributed by atoms with van der Waals surface area (Å²) < 4.78 is 38.2. The zero-order valence-electron chi connectivity index (χ0n) is 8.81. The fraction of sp³-hybridized carbons (Fsp3) is 0.222. The summed E-state index contributed by atoms with van der Waals surface area (Å²) in [6.07, 6.45) is -0.125. The third-order valence-electron chi connectivity index (χ3n) is 1.92. The monoisotopic (exact) mass is 261 g/mol. The lowest BCUT2D eigenvalue weighted by Gasteiger charge is -2.08. The highest BCUT2D eigenvalue weighted by atomic mass is 32.2. The Bertz CT molecular complexity index is 530. The molecule has 0 bridgehead atoms. The highest BCUT2D eigenvalue weighted by Gasteiger charge is 2.17. The minimum atomic E-state index is -3.85. The molecule has 94 valence electrons. The fourth-order valence-electron chi connectivity index (χ4n) is 1.15. The fourth-order valence-corrected chi connectivity index (χ4v) is 2.29. The van der Waals surface area contributed by atoms with E-state index in [2.05, 4.69) is 4.72 Å².